The molecule has 2 rings (SSSR count). The van der Waals surface area contributed by atoms with Crippen LogP contribution in [0.5, 0.6) is 0 Å². The zero-order chi connectivity index (χ0) is 15.4. The van der Waals surface area contributed by atoms with Crippen LogP contribution in [0.25, 0.3) is 0 Å². The Bertz CT molecular complexity index is 703. The molecule has 0 spiro atoms. The fraction of sp³-hybridized carbons (Fsp3) is 0.0667. The van der Waals surface area contributed by atoms with E-state index in [2.05, 4.69) is 21.2 Å². The number of nitrogens with one attached hydrogen (secondary N) is 1. The molecule has 0 radical (unpaired) electrons. The lowest BCUT2D eigenvalue weighted by Crippen LogP contribution is -2.17. The van der Waals surface area contributed by atoms with Gasteiger partial charge in [0.25, 0.3) is 0 Å². The van der Waals surface area contributed by atoms with E-state index in [4.69, 9.17) is 16.7 Å². The van der Waals surface area contributed by atoms with Gasteiger partial charge in [0.2, 0.25) is 5.91 Å². The molecule has 0 heterocycles. The number of carbonyl (C=O) groups is 2. The summed E-state index contributed by atoms with van der Waals surface area (Å²) in [5, 5.41) is 11.8. The second kappa shape index (κ2) is 6.74. The zero-order valence-corrected chi connectivity index (χ0v) is 13.1. The maximum absolute atomic E-state index is 12.0. The number of hydrogen-bond acceptors (Lipinski definition) is 2. The predicted octanol–water partition coefficient (Wildman–Crippen LogP) is 3.98. The van der Waals surface area contributed by atoms with Gasteiger partial charge in [0.05, 0.1) is 17.1 Å². The number of benzene rings is 2. The first-order valence-corrected chi connectivity index (χ1v) is 7.20. The maximum atomic E-state index is 12.0. The first-order chi connectivity index (χ1) is 9.97. The monoisotopic (exact) mass is 367 g/mol. The van der Waals surface area contributed by atoms with Crippen molar-refractivity contribution in [2.24, 2.45) is 0 Å². The molecule has 0 bridgehead atoms. The number of carbonyl (C=O) groups excluding carboxylic acids is 1. The van der Waals surface area contributed by atoms with Gasteiger partial charge in [0.15, 0.2) is 0 Å². The zero-order valence-electron chi connectivity index (χ0n) is 10.8. The molecule has 0 aliphatic heterocycles. The molecule has 1 amide bonds. The summed E-state index contributed by atoms with van der Waals surface area (Å²) in [5.74, 6) is -1.49. The molecule has 0 aliphatic carbocycles. The number of halogens is 2. The predicted molar refractivity (Wildman–Crippen MR) is 84.9 cm³/mol. The summed E-state index contributed by atoms with van der Waals surface area (Å²) in [6, 6.07) is 11.9. The van der Waals surface area contributed by atoms with E-state index in [0.29, 0.717) is 0 Å². The van der Waals surface area contributed by atoms with Crippen LogP contribution in [0.2, 0.25) is 5.02 Å². The van der Waals surface area contributed by atoms with Crippen molar-refractivity contribution in [2.75, 3.05) is 5.32 Å². The quantitative estimate of drug-likeness (QED) is 0.858. The van der Waals surface area contributed by atoms with Crippen molar-refractivity contribution in [2.45, 2.75) is 6.42 Å². The third-order valence-corrected chi connectivity index (χ3v) is 3.56. The van der Waals surface area contributed by atoms with Crippen LogP contribution in [0.4, 0.5) is 5.69 Å². The molecule has 0 saturated carbocycles. The third kappa shape index (κ3) is 4.06. The molecule has 4 nitrogen and oxygen atoms in total. The van der Waals surface area contributed by atoms with E-state index in [-0.39, 0.29) is 28.6 Å². The van der Waals surface area contributed by atoms with Gasteiger partial charge in [-0.2, -0.15) is 0 Å². The first kappa shape index (κ1) is 15.5. The van der Waals surface area contributed by atoms with Crippen LogP contribution < -0.4 is 5.32 Å². The molecule has 0 saturated heterocycles. The summed E-state index contributed by atoms with van der Waals surface area (Å²) in [7, 11) is 0. The fourth-order valence-corrected chi connectivity index (χ4v) is 2.57. The van der Waals surface area contributed by atoms with Crippen molar-refractivity contribution in [1.82, 2.24) is 0 Å². The summed E-state index contributed by atoms with van der Waals surface area (Å²) in [6.45, 7) is 0. The highest BCUT2D eigenvalue weighted by Gasteiger charge is 2.16. The summed E-state index contributed by atoms with van der Waals surface area (Å²) in [5.41, 5.74) is 0.900. The molecule has 0 atom stereocenters. The standard InChI is InChI=1S/C15H11BrClNO3/c16-10-4-1-3-9(7-10)8-13(19)18-12-6-2-5-11(17)14(12)15(20)21/h1-7H,8H2,(H,18,19)(H,20,21). The number of anilines is 1. The Hall–Kier alpha value is -1.85. The highest BCUT2D eigenvalue weighted by Crippen LogP contribution is 2.24. The van der Waals surface area contributed by atoms with Crippen molar-refractivity contribution in [3.05, 3.63) is 63.1 Å². The van der Waals surface area contributed by atoms with Crippen LogP contribution >= 0.6 is 27.5 Å². The summed E-state index contributed by atoms with van der Waals surface area (Å²) in [6.07, 6.45) is 0.144. The van der Waals surface area contributed by atoms with Gasteiger partial charge < -0.3 is 10.4 Å². The van der Waals surface area contributed by atoms with Crippen molar-refractivity contribution < 1.29 is 14.7 Å². The Morgan fingerprint density at radius 1 is 1.19 bits per heavy atom. The lowest BCUT2D eigenvalue weighted by atomic mass is 10.1. The van der Waals surface area contributed by atoms with Crippen LogP contribution in [0, 0.1) is 0 Å². The highest BCUT2D eigenvalue weighted by atomic mass is 79.9. The van der Waals surface area contributed by atoms with Gasteiger partial charge in [-0.25, -0.2) is 4.79 Å². The number of hydrogen-bond donors (Lipinski definition) is 2. The lowest BCUT2D eigenvalue weighted by molar-refractivity contribution is -0.115. The van der Waals surface area contributed by atoms with E-state index < -0.39 is 5.97 Å². The Labute approximate surface area is 134 Å². The molecule has 2 aromatic rings. The Morgan fingerprint density at radius 3 is 2.57 bits per heavy atom. The molecule has 2 aromatic carbocycles. The first-order valence-electron chi connectivity index (χ1n) is 6.03. The number of carboxylic acid groups (broad SMARTS) is 1. The minimum Gasteiger partial charge on any atom is -0.478 e. The Morgan fingerprint density at radius 2 is 1.90 bits per heavy atom. The summed E-state index contributed by atoms with van der Waals surface area (Å²) >= 11 is 9.18. The van der Waals surface area contributed by atoms with E-state index >= 15 is 0 Å². The second-order valence-corrected chi connectivity index (χ2v) is 5.65. The van der Waals surface area contributed by atoms with Crippen molar-refractivity contribution in [3.63, 3.8) is 0 Å². The average Bonchev–Trinajstić information content (AvgIpc) is 2.37. The molecule has 21 heavy (non-hydrogen) atoms. The summed E-state index contributed by atoms with van der Waals surface area (Å²) in [4.78, 5) is 23.2. The van der Waals surface area contributed by atoms with Crippen molar-refractivity contribution >= 4 is 45.1 Å². The Kier molecular flexibility index (Phi) is 4.98. The van der Waals surface area contributed by atoms with E-state index in [1.807, 2.05) is 24.3 Å². The SMILES string of the molecule is O=C(Cc1cccc(Br)c1)Nc1cccc(Cl)c1C(=O)O. The fourth-order valence-electron chi connectivity index (χ4n) is 1.87. The van der Waals surface area contributed by atoms with Gasteiger partial charge in [0, 0.05) is 4.47 Å². The van der Waals surface area contributed by atoms with E-state index in [1.54, 1.807) is 6.07 Å². The average molecular weight is 369 g/mol. The number of aromatic carboxylic acids is 1. The molecule has 108 valence electrons. The topological polar surface area (TPSA) is 66.4 Å². The lowest BCUT2D eigenvalue weighted by Gasteiger charge is -2.10. The van der Waals surface area contributed by atoms with Crippen LogP contribution in [-0.2, 0) is 11.2 Å². The minimum absolute atomic E-state index is 0.0859. The number of amides is 1. The summed E-state index contributed by atoms with van der Waals surface area (Å²) < 4.78 is 0.877. The molecule has 2 N–H and O–H groups in total. The molecule has 0 aromatic heterocycles. The molecule has 0 unspecified atom stereocenters. The smallest absolute Gasteiger partial charge is 0.339 e. The molecular weight excluding hydrogens is 358 g/mol. The minimum atomic E-state index is -1.18. The molecule has 0 aliphatic rings. The second-order valence-electron chi connectivity index (χ2n) is 4.32. The number of rotatable bonds is 4. The van der Waals surface area contributed by atoms with Gasteiger partial charge in [-0.05, 0) is 29.8 Å². The molecule has 0 fully saturated rings. The van der Waals surface area contributed by atoms with E-state index in [9.17, 15) is 9.59 Å². The van der Waals surface area contributed by atoms with Gasteiger partial charge in [-0.3, -0.25) is 4.79 Å². The normalized spacial score (nSPS) is 10.2. The van der Waals surface area contributed by atoms with Crippen molar-refractivity contribution in [3.8, 4) is 0 Å². The highest BCUT2D eigenvalue weighted by molar-refractivity contribution is 9.10. The van der Waals surface area contributed by atoms with E-state index in [1.165, 1.54) is 12.1 Å². The van der Waals surface area contributed by atoms with Crippen LogP contribution in [0.1, 0.15) is 15.9 Å². The largest absolute Gasteiger partial charge is 0.478 e. The van der Waals surface area contributed by atoms with Crippen LogP contribution in [0.15, 0.2) is 46.9 Å². The van der Waals surface area contributed by atoms with E-state index in [0.717, 1.165) is 10.0 Å². The van der Waals surface area contributed by atoms with Crippen molar-refractivity contribution in [1.29, 1.82) is 0 Å². The van der Waals surface area contributed by atoms with Gasteiger partial charge >= 0.3 is 5.97 Å². The van der Waals surface area contributed by atoms with Crippen LogP contribution in [0.3, 0.4) is 0 Å². The van der Waals surface area contributed by atoms with Gasteiger partial charge in [0.1, 0.15) is 5.56 Å². The molecule has 6 heteroatoms. The third-order valence-electron chi connectivity index (χ3n) is 2.76. The van der Waals surface area contributed by atoms with Gasteiger partial charge in [-0.15, -0.1) is 0 Å². The number of carboxylic acids is 1. The Balaban J connectivity index is 2.17. The molecular formula is C15H11BrClNO3. The van der Waals surface area contributed by atoms with Crippen LogP contribution in [-0.4, -0.2) is 17.0 Å². The maximum Gasteiger partial charge on any atom is 0.339 e. The van der Waals surface area contributed by atoms with Gasteiger partial charge in [-0.1, -0.05) is 45.7 Å².